The number of primary amides is 2. The van der Waals surface area contributed by atoms with Crippen LogP contribution in [-0.2, 0) is 14.4 Å². The Labute approximate surface area is 286 Å². The Morgan fingerprint density at radius 3 is 2.52 bits per heavy atom. The molecule has 6 atom stereocenters. The standard InChI is InChI=1S/C36H48N6O5S/c1-19(2)27-18-48-35(41-27)26-16-29(23-13-14-28(46-5)20(3)31(23)40-26)47-30-17-42(32(21(30)4)34(39)44)36(45)25(37)12-10-8-6-7-9-11-22-15-24(22)33(38)43/h9,11,13-14,16,18-19,21-22,24-25,30,32H,6-8,10,12,15,17,37H2,1-5H3,(H2,38,43)(H2,39,44)/b11-9-/t21?,22-,24+,25+,30+,32+/m1/s1. The highest BCUT2D eigenvalue weighted by Crippen LogP contribution is 2.40. The van der Waals surface area contributed by atoms with Crippen molar-refractivity contribution in [2.45, 2.75) is 90.3 Å². The molecule has 2 aromatic heterocycles. The van der Waals surface area contributed by atoms with E-state index in [0.717, 1.165) is 59.3 Å². The molecular formula is C36H48N6O5S. The zero-order valence-electron chi connectivity index (χ0n) is 28.5. The van der Waals surface area contributed by atoms with Gasteiger partial charge in [-0.15, -0.1) is 11.3 Å². The van der Waals surface area contributed by atoms with Crippen LogP contribution in [0, 0.1) is 24.7 Å². The number of aryl methyl sites for hydroxylation is 1. The summed E-state index contributed by atoms with van der Waals surface area (Å²) in [6.07, 6.45) is 8.58. The van der Waals surface area contributed by atoms with E-state index < -0.39 is 24.1 Å². The Balaban J connectivity index is 1.28. The molecule has 2 aliphatic rings. The topological polar surface area (TPSA) is 177 Å². The zero-order chi connectivity index (χ0) is 34.7. The minimum absolute atomic E-state index is 0.00997. The quantitative estimate of drug-likeness (QED) is 0.151. The van der Waals surface area contributed by atoms with Gasteiger partial charge in [-0.25, -0.2) is 9.97 Å². The minimum atomic E-state index is -0.840. The molecule has 12 heteroatoms. The van der Waals surface area contributed by atoms with E-state index in [1.807, 2.05) is 37.4 Å². The van der Waals surface area contributed by atoms with Crippen LogP contribution < -0.4 is 26.7 Å². The first-order valence-electron chi connectivity index (χ1n) is 16.8. The van der Waals surface area contributed by atoms with E-state index in [0.29, 0.717) is 23.6 Å². The highest BCUT2D eigenvalue weighted by Gasteiger charge is 2.47. The summed E-state index contributed by atoms with van der Waals surface area (Å²) in [5.41, 5.74) is 20.9. The molecule has 0 radical (unpaired) electrons. The number of amides is 3. The molecular weight excluding hydrogens is 629 g/mol. The highest BCUT2D eigenvalue weighted by atomic mass is 32.1. The van der Waals surface area contributed by atoms with Gasteiger partial charge >= 0.3 is 0 Å². The number of nitrogens with two attached hydrogens (primary N) is 3. The van der Waals surface area contributed by atoms with Crippen LogP contribution in [0.4, 0.5) is 0 Å². The number of pyridine rings is 1. The van der Waals surface area contributed by atoms with Crippen LogP contribution >= 0.6 is 11.3 Å². The summed E-state index contributed by atoms with van der Waals surface area (Å²) in [5, 5.41) is 3.62. The molecule has 1 saturated heterocycles. The fourth-order valence-corrected chi connectivity index (χ4v) is 7.49. The van der Waals surface area contributed by atoms with E-state index in [2.05, 4.69) is 26.0 Å². The summed E-state index contributed by atoms with van der Waals surface area (Å²) in [5.74, 6) is 0.367. The number of rotatable bonds is 15. The molecule has 258 valence electrons. The maximum atomic E-state index is 13.6. The summed E-state index contributed by atoms with van der Waals surface area (Å²) in [6, 6.07) is 4.09. The first kappa shape index (κ1) is 35.3. The smallest absolute Gasteiger partial charge is 0.240 e. The number of benzene rings is 1. The normalized spacial score (nSPS) is 22.8. The molecule has 1 aliphatic carbocycles. The van der Waals surface area contributed by atoms with Crippen molar-refractivity contribution >= 4 is 40.0 Å². The van der Waals surface area contributed by atoms with Crippen molar-refractivity contribution in [2.24, 2.45) is 35.0 Å². The third-order valence-corrected chi connectivity index (χ3v) is 10.5. The molecule has 2 fully saturated rings. The van der Waals surface area contributed by atoms with E-state index in [4.69, 9.17) is 36.6 Å². The lowest BCUT2D eigenvalue weighted by molar-refractivity contribution is -0.139. The number of hydrogen-bond acceptors (Lipinski definition) is 9. The third kappa shape index (κ3) is 7.65. The van der Waals surface area contributed by atoms with Gasteiger partial charge in [0.05, 0.1) is 30.9 Å². The minimum Gasteiger partial charge on any atom is -0.496 e. The first-order chi connectivity index (χ1) is 22.9. The number of fused-ring (bicyclic) bond motifs is 1. The van der Waals surface area contributed by atoms with Gasteiger partial charge in [0.2, 0.25) is 17.7 Å². The Hall–Kier alpha value is -4.03. The van der Waals surface area contributed by atoms with Crippen LogP contribution in [0.1, 0.15) is 76.5 Å². The first-order valence-corrected chi connectivity index (χ1v) is 17.7. The lowest BCUT2D eigenvalue weighted by Gasteiger charge is -2.26. The van der Waals surface area contributed by atoms with Gasteiger partial charge in [-0.2, -0.15) is 0 Å². The van der Waals surface area contributed by atoms with Crippen LogP contribution in [0.5, 0.6) is 11.5 Å². The van der Waals surface area contributed by atoms with Crippen molar-refractivity contribution in [3.05, 3.63) is 47.0 Å². The van der Waals surface area contributed by atoms with Gasteiger partial charge in [-0.3, -0.25) is 14.4 Å². The largest absolute Gasteiger partial charge is 0.496 e. The number of aromatic nitrogens is 2. The molecule has 5 rings (SSSR count). The molecule has 0 spiro atoms. The van der Waals surface area contributed by atoms with Gasteiger partial charge in [0.1, 0.15) is 34.3 Å². The molecule has 3 aromatic rings. The summed E-state index contributed by atoms with van der Waals surface area (Å²) >= 11 is 1.53. The van der Waals surface area contributed by atoms with Gasteiger partial charge in [0, 0.05) is 34.2 Å². The van der Waals surface area contributed by atoms with Crippen LogP contribution in [0.25, 0.3) is 21.6 Å². The second-order valence-electron chi connectivity index (χ2n) is 13.5. The number of nitrogens with zero attached hydrogens (tertiary/aromatic N) is 3. The van der Waals surface area contributed by atoms with Gasteiger partial charge in [-0.1, -0.05) is 45.8 Å². The maximum absolute atomic E-state index is 13.6. The Morgan fingerprint density at radius 2 is 1.88 bits per heavy atom. The van der Waals surface area contributed by atoms with Gasteiger partial charge < -0.3 is 31.6 Å². The SMILES string of the molecule is COc1ccc2c(O[C@H]3CN(C(=O)[C@@H](N)CCCCC/C=C\[C@@H]4C[C@@H]4C(N)=O)[C@H](C(N)=O)C3C)cc(-c3nc(C(C)C)cs3)nc2c1C. The molecule has 3 heterocycles. The molecule has 48 heavy (non-hydrogen) atoms. The van der Waals surface area contributed by atoms with Gasteiger partial charge in [0.15, 0.2) is 0 Å². The van der Waals surface area contributed by atoms with Crippen LogP contribution in [0.2, 0.25) is 0 Å². The lowest BCUT2D eigenvalue weighted by Crippen LogP contribution is -2.51. The number of methoxy groups -OCH3 is 1. The van der Waals surface area contributed by atoms with Crippen molar-refractivity contribution in [3.8, 4) is 22.2 Å². The summed E-state index contributed by atoms with van der Waals surface area (Å²) in [7, 11) is 1.63. The monoisotopic (exact) mass is 676 g/mol. The second kappa shape index (κ2) is 15.0. The number of carbonyl (C=O) groups excluding carboxylic acids is 3. The molecule has 0 bridgehead atoms. The summed E-state index contributed by atoms with van der Waals surface area (Å²) in [4.78, 5) is 48.8. The fourth-order valence-electron chi connectivity index (χ4n) is 6.55. The Morgan fingerprint density at radius 1 is 1.10 bits per heavy atom. The van der Waals surface area contributed by atoms with Crippen molar-refractivity contribution in [1.82, 2.24) is 14.9 Å². The number of thiazole rings is 1. The molecule has 11 nitrogen and oxygen atoms in total. The third-order valence-electron chi connectivity index (χ3n) is 9.64. The lowest BCUT2D eigenvalue weighted by atomic mass is 9.99. The average Bonchev–Trinajstić information content (AvgIpc) is 3.51. The summed E-state index contributed by atoms with van der Waals surface area (Å²) < 4.78 is 12.3. The van der Waals surface area contributed by atoms with Crippen molar-refractivity contribution in [2.75, 3.05) is 13.7 Å². The maximum Gasteiger partial charge on any atom is 0.240 e. The van der Waals surface area contributed by atoms with Crippen LogP contribution in [0.15, 0.2) is 35.7 Å². The van der Waals surface area contributed by atoms with Crippen molar-refractivity contribution in [3.63, 3.8) is 0 Å². The van der Waals surface area contributed by atoms with E-state index in [9.17, 15) is 14.4 Å². The van der Waals surface area contributed by atoms with E-state index in [1.165, 1.54) is 16.2 Å². The number of ether oxygens (including phenoxy) is 2. The molecule has 1 aromatic carbocycles. The molecule has 3 amide bonds. The number of hydrogen-bond donors (Lipinski definition) is 3. The number of allylic oxidation sites excluding steroid dienone is 2. The van der Waals surface area contributed by atoms with E-state index >= 15 is 0 Å². The second-order valence-corrected chi connectivity index (χ2v) is 14.3. The number of carbonyl (C=O) groups is 3. The number of likely N-dealkylation sites (tertiary alicyclic amines) is 1. The predicted octanol–water partition coefficient (Wildman–Crippen LogP) is 4.83. The number of unbranched alkanes of at least 4 members (excludes halogenated alkanes) is 3. The van der Waals surface area contributed by atoms with E-state index in [-0.39, 0.29) is 42.0 Å². The van der Waals surface area contributed by atoms with Crippen molar-refractivity contribution in [1.29, 1.82) is 0 Å². The zero-order valence-corrected chi connectivity index (χ0v) is 29.3. The Kier molecular flexibility index (Phi) is 11.0. The van der Waals surface area contributed by atoms with E-state index in [1.54, 1.807) is 7.11 Å². The van der Waals surface area contributed by atoms with Gasteiger partial charge in [-0.05, 0) is 56.6 Å². The van der Waals surface area contributed by atoms with Crippen LogP contribution in [-0.4, -0.2) is 64.4 Å². The fraction of sp³-hybridized carbons (Fsp3) is 0.528. The molecule has 1 saturated carbocycles. The van der Waals surface area contributed by atoms with Crippen LogP contribution in [0.3, 0.4) is 0 Å². The molecule has 1 aliphatic heterocycles. The molecule has 1 unspecified atom stereocenters. The molecule has 6 N–H and O–H groups in total. The Bertz CT molecular complexity index is 1690. The van der Waals surface area contributed by atoms with Gasteiger partial charge in [0.25, 0.3) is 0 Å². The predicted molar refractivity (Wildman–Crippen MR) is 187 cm³/mol. The average molecular weight is 677 g/mol. The summed E-state index contributed by atoms with van der Waals surface area (Å²) in [6.45, 7) is 8.22. The highest BCUT2D eigenvalue weighted by molar-refractivity contribution is 7.13. The van der Waals surface area contributed by atoms with Crippen molar-refractivity contribution < 1.29 is 23.9 Å².